The minimum atomic E-state index is -0.181. The van der Waals surface area contributed by atoms with E-state index in [2.05, 4.69) is 34.8 Å². The Morgan fingerprint density at radius 1 is 1.39 bits per heavy atom. The Morgan fingerprint density at radius 3 is 2.83 bits per heavy atom. The lowest BCUT2D eigenvalue weighted by Crippen LogP contribution is -2.35. The van der Waals surface area contributed by atoms with Gasteiger partial charge in [0.05, 0.1) is 0 Å². The second-order valence-electron chi connectivity index (χ2n) is 5.58. The Kier molecular flexibility index (Phi) is 4.79. The number of nitrogens with zero attached hydrogens (tertiary/aromatic N) is 1. The summed E-state index contributed by atoms with van der Waals surface area (Å²) in [6.07, 6.45) is 5.28. The lowest BCUT2D eigenvalue weighted by Gasteiger charge is -2.34. The minimum Gasteiger partial charge on any atom is -0.299 e. The molecule has 1 aliphatic rings. The van der Waals surface area contributed by atoms with Crippen LogP contribution in [0.1, 0.15) is 38.2 Å². The average molecular weight is 314 g/mol. The topological polar surface area (TPSA) is 3.24 Å². The van der Waals surface area contributed by atoms with Gasteiger partial charge in [-0.15, -0.1) is 0 Å². The highest BCUT2D eigenvalue weighted by atomic mass is 79.9. The van der Waals surface area contributed by atoms with E-state index < -0.39 is 0 Å². The Labute approximate surface area is 118 Å². The highest BCUT2D eigenvalue weighted by Gasteiger charge is 2.22. The molecule has 2 unspecified atom stereocenters. The van der Waals surface area contributed by atoms with Gasteiger partial charge in [0.2, 0.25) is 0 Å². The molecule has 1 aromatic rings. The molecular formula is C15H21BrFN. The van der Waals surface area contributed by atoms with Gasteiger partial charge >= 0.3 is 0 Å². The lowest BCUT2D eigenvalue weighted by molar-refractivity contribution is 0.157. The van der Waals surface area contributed by atoms with Crippen LogP contribution in [0.4, 0.5) is 4.39 Å². The van der Waals surface area contributed by atoms with Crippen LogP contribution in [-0.4, -0.2) is 18.0 Å². The first-order valence-corrected chi connectivity index (χ1v) is 7.49. The second kappa shape index (κ2) is 6.16. The highest BCUT2D eigenvalue weighted by molar-refractivity contribution is 9.10. The summed E-state index contributed by atoms with van der Waals surface area (Å²) in [4.78, 5) is 2.41. The quantitative estimate of drug-likeness (QED) is 0.788. The molecule has 2 atom stereocenters. The molecule has 1 aliphatic carbocycles. The fourth-order valence-corrected chi connectivity index (χ4v) is 3.33. The van der Waals surface area contributed by atoms with E-state index in [4.69, 9.17) is 0 Å². The average Bonchev–Trinajstić information content (AvgIpc) is 2.32. The summed E-state index contributed by atoms with van der Waals surface area (Å²) >= 11 is 3.44. The van der Waals surface area contributed by atoms with Crippen LogP contribution in [0.5, 0.6) is 0 Å². The van der Waals surface area contributed by atoms with E-state index in [1.807, 2.05) is 6.07 Å². The maximum Gasteiger partial charge on any atom is 0.124 e. The van der Waals surface area contributed by atoms with Crippen LogP contribution in [0.25, 0.3) is 0 Å². The van der Waals surface area contributed by atoms with Gasteiger partial charge in [0, 0.05) is 17.1 Å². The summed E-state index contributed by atoms with van der Waals surface area (Å²) in [7, 11) is 2.18. The zero-order valence-electron chi connectivity index (χ0n) is 11.1. The minimum absolute atomic E-state index is 0.181. The van der Waals surface area contributed by atoms with Gasteiger partial charge in [-0.3, -0.25) is 4.90 Å². The predicted octanol–water partition coefficient (Wildman–Crippen LogP) is 4.60. The first kappa shape index (κ1) is 14.0. The molecule has 0 aromatic heterocycles. The van der Waals surface area contributed by atoms with Crippen LogP contribution >= 0.6 is 15.9 Å². The molecule has 18 heavy (non-hydrogen) atoms. The van der Waals surface area contributed by atoms with E-state index >= 15 is 0 Å². The van der Waals surface area contributed by atoms with Crippen molar-refractivity contribution in [2.45, 2.75) is 45.2 Å². The van der Waals surface area contributed by atoms with Crippen molar-refractivity contribution in [2.75, 3.05) is 7.05 Å². The summed E-state index contributed by atoms with van der Waals surface area (Å²) in [5, 5.41) is 0. The summed E-state index contributed by atoms with van der Waals surface area (Å²) in [5.41, 5.74) is 1.16. The zero-order valence-corrected chi connectivity index (χ0v) is 12.7. The van der Waals surface area contributed by atoms with Crippen LogP contribution in [0.2, 0.25) is 0 Å². The van der Waals surface area contributed by atoms with E-state index in [-0.39, 0.29) is 5.82 Å². The molecule has 1 nitrogen and oxygen atoms in total. The third-order valence-corrected chi connectivity index (χ3v) is 4.71. The number of halogens is 2. The number of benzene rings is 1. The van der Waals surface area contributed by atoms with Crippen LogP contribution in [0, 0.1) is 11.7 Å². The van der Waals surface area contributed by atoms with Gasteiger partial charge in [0.1, 0.15) is 5.82 Å². The Hall–Kier alpha value is -0.410. The largest absolute Gasteiger partial charge is 0.299 e. The van der Waals surface area contributed by atoms with Gasteiger partial charge in [0.25, 0.3) is 0 Å². The van der Waals surface area contributed by atoms with E-state index in [0.29, 0.717) is 6.04 Å². The van der Waals surface area contributed by atoms with Gasteiger partial charge in [-0.2, -0.15) is 0 Å². The molecule has 1 fully saturated rings. The summed E-state index contributed by atoms with van der Waals surface area (Å²) < 4.78 is 13.9. The van der Waals surface area contributed by atoms with Gasteiger partial charge in [0.15, 0.2) is 0 Å². The molecule has 2 rings (SSSR count). The fourth-order valence-electron chi connectivity index (χ4n) is 2.85. The fraction of sp³-hybridized carbons (Fsp3) is 0.600. The smallest absolute Gasteiger partial charge is 0.124 e. The molecule has 0 heterocycles. The zero-order chi connectivity index (χ0) is 13.1. The first-order chi connectivity index (χ1) is 8.56. The Bertz CT molecular complexity index is 407. The van der Waals surface area contributed by atoms with E-state index in [1.54, 1.807) is 6.07 Å². The van der Waals surface area contributed by atoms with Crippen LogP contribution in [0.15, 0.2) is 22.7 Å². The summed E-state index contributed by atoms with van der Waals surface area (Å²) in [6, 6.07) is 5.64. The van der Waals surface area contributed by atoms with Crippen molar-refractivity contribution in [2.24, 2.45) is 5.92 Å². The van der Waals surface area contributed by atoms with Crippen LogP contribution in [-0.2, 0) is 6.54 Å². The molecule has 1 saturated carbocycles. The number of rotatable bonds is 3. The van der Waals surface area contributed by atoms with Crippen LogP contribution < -0.4 is 0 Å². The molecule has 0 N–H and O–H groups in total. The van der Waals surface area contributed by atoms with Crippen molar-refractivity contribution in [3.63, 3.8) is 0 Å². The number of hydrogen-bond donors (Lipinski definition) is 0. The lowest BCUT2D eigenvalue weighted by atomic mass is 9.86. The first-order valence-electron chi connectivity index (χ1n) is 6.70. The maximum absolute atomic E-state index is 13.0. The van der Waals surface area contributed by atoms with Crippen molar-refractivity contribution in [1.82, 2.24) is 4.90 Å². The molecule has 0 saturated heterocycles. The normalized spacial score (nSPS) is 24.5. The number of hydrogen-bond acceptors (Lipinski definition) is 1. The molecule has 1 aromatic carbocycles. The molecule has 0 bridgehead atoms. The standard InChI is InChI=1S/C15H21BrFN/c1-11-4-3-5-14(8-11)18(2)10-12-6-7-13(17)9-15(12)16/h6-7,9,11,14H,3-5,8,10H2,1-2H3. The maximum atomic E-state index is 13.0. The molecule has 100 valence electrons. The second-order valence-corrected chi connectivity index (χ2v) is 6.43. The van der Waals surface area contributed by atoms with Gasteiger partial charge < -0.3 is 0 Å². The van der Waals surface area contributed by atoms with Crippen molar-refractivity contribution in [3.05, 3.63) is 34.1 Å². The van der Waals surface area contributed by atoms with Crippen molar-refractivity contribution in [1.29, 1.82) is 0 Å². The van der Waals surface area contributed by atoms with E-state index in [0.717, 1.165) is 22.5 Å². The van der Waals surface area contributed by atoms with Crippen molar-refractivity contribution < 1.29 is 4.39 Å². The predicted molar refractivity (Wildman–Crippen MR) is 77.0 cm³/mol. The third kappa shape index (κ3) is 3.55. The van der Waals surface area contributed by atoms with Crippen molar-refractivity contribution in [3.8, 4) is 0 Å². The summed E-state index contributed by atoms with van der Waals surface area (Å²) in [6.45, 7) is 3.23. The molecule has 0 amide bonds. The third-order valence-electron chi connectivity index (χ3n) is 3.97. The summed E-state index contributed by atoms with van der Waals surface area (Å²) in [5.74, 6) is 0.655. The molecule has 0 radical (unpaired) electrons. The molecular weight excluding hydrogens is 293 g/mol. The van der Waals surface area contributed by atoms with Crippen molar-refractivity contribution >= 4 is 15.9 Å². The van der Waals surface area contributed by atoms with Crippen LogP contribution in [0.3, 0.4) is 0 Å². The molecule has 0 aliphatic heterocycles. The monoisotopic (exact) mass is 313 g/mol. The van der Waals surface area contributed by atoms with Gasteiger partial charge in [-0.05, 0) is 43.5 Å². The van der Waals surface area contributed by atoms with E-state index in [1.165, 1.54) is 31.7 Å². The molecule has 0 spiro atoms. The highest BCUT2D eigenvalue weighted by Crippen LogP contribution is 2.28. The van der Waals surface area contributed by atoms with E-state index in [9.17, 15) is 4.39 Å². The van der Waals surface area contributed by atoms with Gasteiger partial charge in [-0.25, -0.2) is 4.39 Å². The van der Waals surface area contributed by atoms with Gasteiger partial charge in [-0.1, -0.05) is 41.8 Å². The SMILES string of the molecule is CC1CCCC(N(C)Cc2ccc(F)cc2Br)C1. The molecule has 3 heteroatoms. The Balaban J connectivity index is 1.99. The Morgan fingerprint density at radius 2 is 2.17 bits per heavy atom.